The molecule has 0 bridgehead atoms. The molecule has 2 aromatic rings. The first-order valence-corrected chi connectivity index (χ1v) is 10.1. The maximum Gasteiger partial charge on any atom is 0.311 e. The van der Waals surface area contributed by atoms with Gasteiger partial charge in [-0.15, -0.1) is 0 Å². The normalized spacial score (nSPS) is 15.5. The summed E-state index contributed by atoms with van der Waals surface area (Å²) in [7, 11) is 0. The smallest absolute Gasteiger partial charge is 0.311 e. The molecule has 0 radical (unpaired) electrons. The number of aryl methyl sites for hydroxylation is 1. The topological polar surface area (TPSA) is 105 Å². The van der Waals surface area contributed by atoms with Gasteiger partial charge in [-0.1, -0.05) is 41.4 Å². The Morgan fingerprint density at radius 2 is 1.90 bits per heavy atom. The number of halogens is 2. The molecular weight excluding hydrogens is 445 g/mol. The second kappa shape index (κ2) is 9.80. The van der Waals surface area contributed by atoms with Gasteiger partial charge in [0.05, 0.1) is 23.0 Å². The third-order valence-electron chi connectivity index (χ3n) is 4.63. The number of esters is 1. The molecule has 3 rings (SSSR count). The Hall–Kier alpha value is -3.10. The highest BCUT2D eigenvalue weighted by molar-refractivity contribution is 6.33. The molecule has 1 aliphatic heterocycles. The van der Waals surface area contributed by atoms with Gasteiger partial charge in [0.25, 0.3) is 11.8 Å². The third-order valence-corrected chi connectivity index (χ3v) is 5.20. The van der Waals surface area contributed by atoms with E-state index < -0.39 is 36.2 Å². The minimum atomic E-state index is -0.806. The van der Waals surface area contributed by atoms with E-state index in [-0.39, 0.29) is 23.6 Å². The first kappa shape index (κ1) is 22.6. The van der Waals surface area contributed by atoms with Crippen molar-refractivity contribution < 1.29 is 23.9 Å². The van der Waals surface area contributed by atoms with Crippen LogP contribution in [0.2, 0.25) is 10.0 Å². The summed E-state index contributed by atoms with van der Waals surface area (Å²) in [6.45, 7) is 1.22. The van der Waals surface area contributed by atoms with Crippen molar-refractivity contribution in [2.24, 2.45) is 5.92 Å². The van der Waals surface area contributed by atoms with Crippen molar-refractivity contribution in [3.63, 3.8) is 0 Å². The Kier molecular flexibility index (Phi) is 7.14. The van der Waals surface area contributed by atoms with E-state index in [9.17, 15) is 19.2 Å². The van der Waals surface area contributed by atoms with Gasteiger partial charge in [0, 0.05) is 17.1 Å². The largest absolute Gasteiger partial charge is 0.455 e. The second-order valence-electron chi connectivity index (χ2n) is 6.94. The highest BCUT2D eigenvalue weighted by atomic mass is 35.5. The van der Waals surface area contributed by atoms with E-state index in [2.05, 4.69) is 10.7 Å². The summed E-state index contributed by atoms with van der Waals surface area (Å²) in [5.41, 5.74) is 3.96. The number of anilines is 1. The molecule has 3 amide bonds. The maximum atomic E-state index is 12.3. The number of carbonyl (C=O) groups excluding carboxylic acids is 4. The fourth-order valence-corrected chi connectivity index (χ4v) is 3.37. The Labute approximate surface area is 188 Å². The summed E-state index contributed by atoms with van der Waals surface area (Å²) in [6, 6.07) is 11.4. The molecule has 1 atom stereocenters. The SMILES string of the molecule is Cc1ccc(Cl)cc1NC(=O)COC(=O)[C@@H]1CC(=O)N(NC(=O)c2ccccc2Cl)C1. The number of nitrogens with zero attached hydrogens (tertiary/aromatic N) is 1. The molecule has 8 nitrogen and oxygen atoms in total. The molecule has 0 saturated carbocycles. The minimum absolute atomic E-state index is 0.0666. The Bertz CT molecular complexity index is 1040. The van der Waals surface area contributed by atoms with E-state index in [1.165, 1.54) is 6.07 Å². The van der Waals surface area contributed by atoms with Gasteiger partial charge in [-0.25, -0.2) is 0 Å². The van der Waals surface area contributed by atoms with Crippen LogP contribution in [0.4, 0.5) is 5.69 Å². The van der Waals surface area contributed by atoms with Crippen LogP contribution in [-0.2, 0) is 19.1 Å². The Balaban J connectivity index is 1.51. The zero-order valence-corrected chi connectivity index (χ0v) is 18.0. The summed E-state index contributed by atoms with van der Waals surface area (Å²) in [5, 5.41) is 4.36. The van der Waals surface area contributed by atoms with Crippen molar-refractivity contribution >= 4 is 52.6 Å². The average molecular weight is 464 g/mol. The van der Waals surface area contributed by atoms with Gasteiger partial charge in [-0.05, 0) is 36.8 Å². The lowest BCUT2D eigenvalue weighted by atomic mass is 10.1. The third kappa shape index (κ3) is 5.74. The Morgan fingerprint density at radius 3 is 2.65 bits per heavy atom. The molecule has 0 aliphatic carbocycles. The van der Waals surface area contributed by atoms with E-state index in [1.807, 2.05) is 0 Å². The number of amides is 3. The number of benzene rings is 2. The number of rotatable bonds is 6. The molecule has 0 spiro atoms. The average Bonchev–Trinajstić information content (AvgIpc) is 3.09. The number of carbonyl (C=O) groups is 4. The van der Waals surface area contributed by atoms with Gasteiger partial charge in [0.1, 0.15) is 0 Å². The lowest BCUT2D eigenvalue weighted by Crippen LogP contribution is -2.43. The zero-order valence-electron chi connectivity index (χ0n) is 16.5. The highest BCUT2D eigenvalue weighted by Gasteiger charge is 2.37. The van der Waals surface area contributed by atoms with Crippen LogP contribution in [0.25, 0.3) is 0 Å². The first-order valence-electron chi connectivity index (χ1n) is 9.33. The van der Waals surface area contributed by atoms with Crippen LogP contribution in [0.3, 0.4) is 0 Å². The van der Waals surface area contributed by atoms with Gasteiger partial charge >= 0.3 is 5.97 Å². The summed E-state index contributed by atoms with van der Waals surface area (Å²) >= 11 is 11.9. The summed E-state index contributed by atoms with van der Waals surface area (Å²) in [5.74, 6) is -3.06. The van der Waals surface area contributed by atoms with Crippen molar-refractivity contribution in [2.45, 2.75) is 13.3 Å². The molecule has 1 fully saturated rings. The van der Waals surface area contributed by atoms with Crippen LogP contribution in [0, 0.1) is 12.8 Å². The summed E-state index contributed by atoms with van der Waals surface area (Å²) in [4.78, 5) is 48.9. The highest BCUT2D eigenvalue weighted by Crippen LogP contribution is 2.21. The van der Waals surface area contributed by atoms with E-state index in [4.69, 9.17) is 27.9 Å². The fraction of sp³-hybridized carbons (Fsp3) is 0.238. The van der Waals surface area contributed by atoms with Crippen LogP contribution in [0.15, 0.2) is 42.5 Å². The predicted octanol–water partition coefficient (Wildman–Crippen LogP) is 2.98. The van der Waals surface area contributed by atoms with Crippen LogP contribution in [-0.4, -0.2) is 41.9 Å². The molecule has 1 saturated heterocycles. The van der Waals surface area contributed by atoms with Crippen molar-refractivity contribution in [1.29, 1.82) is 0 Å². The van der Waals surface area contributed by atoms with Gasteiger partial charge < -0.3 is 10.1 Å². The van der Waals surface area contributed by atoms with Crippen LogP contribution < -0.4 is 10.7 Å². The van der Waals surface area contributed by atoms with E-state index >= 15 is 0 Å². The lowest BCUT2D eigenvalue weighted by molar-refractivity contribution is -0.151. The number of ether oxygens (including phenoxy) is 1. The quantitative estimate of drug-likeness (QED) is 0.640. The van der Waals surface area contributed by atoms with Crippen molar-refractivity contribution in [1.82, 2.24) is 10.4 Å². The number of hydrogen-bond donors (Lipinski definition) is 2. The summed E-state index contributed by atoms with van der Waals surface area (Å²) in [6.07, 6.45) is -0.142. The maximum absolute atomic E-state index is 12.3. The standard InChI is InChI=1S/C21H19Cl2N3O5/c1-12-6-7-14(22)9-17(12)24-18(27)11-31-21(30)13-8-19(28)26(10-13)25-20(29)15-4-2-3-5-16(15)23/h2-7,9,13H,8,10-11H2,1H3,(H,24,27)(H,25,29)/t13-/m1/s1. The monoisotopic (exact) mass is 463 g/mol. The van der Waals surface area contributed by atoms with Crippen LogP contribution in [0.5, 0.6) is 0 Å². The second-order valence-corrected chi connectivity index (χ2v) is 7.78. The molecule has 0 aromatic heterocycles. The van der Waals surface area contributed by atoms with Crippen LogP contribution in [0.1, 0.15) is 22.3 Å². The molecule has 1 heterocycles. The molecule has 1 aliphatic rings. The van der Waals surface area contributed by atoms with Crippen molar-refractivity contribution in [2.75, 3.05) is 18.5 Å². The van der Waals surface area contributed by atoms with Gasteiger partial charge in [0.2, 0.25) is 5.91 Å². The fourth-order valence-electron chi connectivity index (χ4n) is 2.97. The molecule has 0 unspecified atom stereocenters. The zero-order chi connectivity index (χ0) is 22.5. The molecule has 31 heavy (non-hydrogen) atoms. The number of nitrogens with one attached hydrogen (secondary N) is 2. The molecular formula is C21H19Cl2N3O5. The predicted molar refractivity (Wildman–Crippen MR) is 115 cm³/mol. The Morgan fingerprint density at radius 1 is 1.16 bits per heavy atom. The van der Waals surface area contributed by atoms with Gasteiger partial charge in [-0.3, -0.25) is 29.6 Å². The van der Waals surface area contributed by atoms with Crippen molar-refractivity contribution in [3.05, 3.63) is 63.6 Å². The first-order chi connectivity index (χ1) is 14.7. The van der Waals surface area contributed by atoms with E-state index in [0.717, 1.165) is 10.6 Å². The molecule has 10 heteroatoms. The summed E-state index contributed by atoms with van der Waals surface area (Å²) < 4.78 is 5.04. The molecule has 2 aromatic carbocycles. The lowest BCUT2D eigenvalue weighted by Gasteiger charge is -2.18. The van der Waals surface area contributed by atoms with Crippen LogP contribution >= 0.6 is 23.2 Å². The molecule has 162 valence electrons. The number of hydrogen-bond acceptors (Lipinski definition) is 5. The van der Waals surface area contributed by atoms with Gasteiger partial charge in [-0.2, -0.15) is 0 Å². The minimum Gasteiger partial charge on any atom is -0.455 e. The van der Waals surface area contributed by atoms with E-state index in [0.29, 0.717) is 10.7 Å². The molecule has 2 N–H and O–H groups in total. The van der Waals surface area contributed by atoms with E-state index in [1.54, 1.807) is 43.3 Å². The number of hydrazine groups is 1. The van der Waals surface area contributed by atoms with Crippen molar-refractivity contribution in [3.8, 4) is 0 Å². The van der Waals surface area contributed by atoms with Gasteiger partial charge in [0.15, 0.2) is 6.61 Å².